The molecule has 0 aliphatic carbocycles. The van der Waals surface area contributed by atoms with Crippen molar-refractivity contribution in [2.75, 3.05) is 0 Å². The molecule has 0 heterocycles. The van der Waals surface area contributed by atoms with E-state index in [1.54, 1.807) is 6.21 Å². The van der Waals surface area contributed by atoms with Crippen LogP contribution in [0.4, 0.5) is 0 Å². The van der Waals surface area contributed by atoms with E-state index >= 15 is 0 Å². The monoisotopic (exact) mass is 325 g/mol. The summed E-state index contributed by atoms with van der Waals surface area (Å²) in [6, 6.07) is 30.0. The highest BCUT2D eigenvalue weighted by molar-refractivity contribution is 5.98. The van der Waals surface area contributed by atoms with Gasteiger partial charge in [-0.25, -0.2) is 0 Å². The van der Waals surface area contributed by atoms with Gasteiger partial charge in [0.05, 0.1) is 6.21 Å². The van der Waals surface area contributed by atoms with Crippen molar-refractivity contribution in [3.8, 4) is 0 Å². The largest absolute Gasteiger partial charge is 0.382 e. The van der Waals surface area contributed by atoms with E-state index in [9.17, 15) is 0 Å². The van der Waals surface area contributed by atoms with Crippen LogP contribution < -0.4 is 5.73 Å². The summed E-state index contributed by atoms with van der Waals surface area (Å²) in [6.45, 7) is 0. The van der Waals surface area contributed by atoms with Crippen LogP contribution in [0.1, 0.15) is 16.7 Å². The Balaban J connectivity index is 1.87. The van der Waals surface area contributed by atoms with E-state index < -0.39 is 0 Å². The molecule has 0 spiro atoms. The van der Waals surface area contributed by atoms with Gasteiger partial charge >= 0.3 is 0 Å². The topological polar surface area (TPSA) is 50.7 Å². The van der Waals surface area contributed by atoms with Crippen molar-refractivity contribution in [2.45, 2.75) is 0 Å². The molecular weight excluding hydrogens is 306 g/mol. The van der Waals surface area contributed by atoms with Crippen LogP contribution in [-0.4, -0.2) is 12.1 Å². The molecule has 0 saturated carbocycles. The number of nitrogens with two attached hydrogens (primary N) is 1. The Labute approximate surface area is 147 Å². The molecule has 0 aliphatic heterocycles. The lowest BCUT2D eigenvalue weighted by atomic mass is 9.98. The van der Waals surface area contributed by atoms with Gasteiger partial charge in [0, 0.05) is 5.56 Å². The molecule has 0 amide bonds. The molecule has 0 saturated heterocycles. The molecular formula is C22H19N3. The van der Waals surface area contributed by atoms with Crippen LogP contribution in [0.15, 0.2) is 107 Å². The molecule has 2 N–H and O–H groups in total. The van der Waals surface area contributed by atoms with Crippen LogP contribution in [0.25, 0.3) is 5.57 Å². The van der Waals surface area contributed by atoms with E-state index in [4.69, 9.17) is 5.73 Å². The molecule has 3 rings (SSSR count). The number of hydrogen-bond acceptors (Lipinski definition) is 2. The zero-order valence-electron chi connectivity index (χ0n) is 13.8. The summed E-state index contributed by atoms with van der Waals surface area (Å²) in [4.78, 5) is 0. The second-order valence-corrected chi connectivity index (χ2v) is 5.43. The fourth-order valence-electron chi connectivity index (χ4n) is 2.46. The first kappa shape index (κ1) is 16.4. The van der Waals surface area contributed by atoms with E-state index in [0.717, 1.165) is 22.3 Å². The maximum Gasteiger partial charge on any atom is 0.153 e. The summed E-state index contributed by atoms with van der Waals surface area (Å²) in [5.41, 5.74) is 10.1. The Morgan fingerprint density at radius 3 is 1.56 bits per heavy atom. The Kier molecular flexibility index (Phi) is 5.52. The zero-order valence-corrected chi connectivity index (χ0v) is 13.8. The lowest BCUT2D eigenvalue weighted by molar-refractivity contribution is 1.23. The average molecular weight is 325 g/mol. The Bertz CT molecular complexity index is 839. The predicted molar refractivity (Wildman–Crippen MR) is 106 cm³/mol. The quantitative estimate of drug-likeness (QED) is 0.419. The number of rotatable bonds is 5. The van der Waals surface area contributed by atoms with Gasteiger partial charge in [-0.3, -0.25) is 0 Å². The first-order valence-electron chi connectivity index (χ1n) is 8.07. The molecule has 3 aromatic carbocycles. The molecule has 0 aromatic heterocycles. The smallest absolute Gasteiger partial charge is 0.153 e. The van der Waals surface area contributed by atoms with Crippen molar-refractivity contribution in [3.05, 3.63) is 114 Å². The SMILES string of the molecule is N/C(=N\N=C\C=C(c1ccccc1)c1ccccc1)c1ccccc1. The second-order valence-electron chi connectivity index (χ2n) is 5.43. The summed E-state index contributed by atoms with van der Waals surface area (Å²) in [7, 11) is 0. The lowest BCUT2D eigenvalue weighted by Crippen LogP contribution is -2.12. The van der Waals surface area contributed by atoms with Crippen LogP contribution in [-0.2, 0) is 0 Å². The number of amidine groups is 1. The van der Waals surface area contributed by atoms with E-state index in [2.05, 4.69) is 34.5 Å². The van der Waals surface area contributed by atoms with Crippen molar-refractivity contribution < 1.29 is 0 Å². The third-order valence-electron chi connectivity index (χ3n) is 3.71. The van der Waals surface area contributed by atoms with E-state index in [0.29, 0.717) is 5.84 Å². The summed E-state index contributed by atoms with van der Waals surface area (Å²) in [5.74, 6) is 0.395. The predicted octanol–water partition coefficient (Wildman–Crippen LogP) is 4.51. The van der Waals surface area contributed by atoms with Crippen molar-refractivity contribution in [1.29, 1.82) is 0 Å². The van der Waals surface area contributed by atoms with Gasteiger partial charge < -0.3 is 5.73 Å². The van der Waals surface area contributed by atoms with E-state index in [-0.39, 0.29) is 0 Å². The maximum absolute atomic E-state index is 5.95. The third-order valence-corrected chi connectivity index (χ3v) is 3.71. The van der Waals surface area contributed by atoms with Gasteiger partial charge in [-0.05, 0) is 22.8 Å². The third kappa shape index (κ3) is 4.52. The number of nitrogens with zero attached hydrogens (tertiary/aromatic N) is 2. The molecule has 3 aromatic rings. The minimum absolute atomic E-state index is 0.395. The fraction of sp³-hybridized carbons (Fsp3) is 0. The second kappa shape index (κ2) is 8.41. The molecule has 0 aliphatic rings. The normalized spacial score (nSPS) is 11.4. The van der Waals surface area contributed by atoms with Crippen LogP contribution in [0.2, 0.25) is 0 Å². The molecule has 3 heteroatoms. The lowest BCUT2D eigenvalue weighted by Gasteiger charge is -2.07. The Hall–Kier alpha value is -3.46. The summed E-state index contributed by atoms with van der Waals surface area (Å²) in [6.07, 6.45) is 3.62. The molecule has 0 atom stereocenters. The highest BCUT2D eigenvalue weighted by atomic mass is 15.2. The number of allylic oxidation sites excluding steroid dienone is 1. The minimum atomic E-state index is 0.395. The maximum atomic E-state index is 5.95. The molecule has 0 fully saturated rings. The van der Waals surface area contributed by atoms with E-state index in [1.807, 2.05) is 72.8 Å². The van der Waals surface area contributed by atoms with Crippen molar-refractivity contribution in [2.24, 2.45) is 15.9 Å². The van der Waals surface area contributed by atoms with Crippen molar-refractivity contribution in [1.82, 2.24) is 0 Å². The highest BCUT2D eigenvalue weighted by Gasteiger charge is 2.02. The van der Waals surface area contributed by atoms with Crippen LogP contribution in [0.5, 0.6) is 0 Å². The standard InChI is InChI=1S/C22H19N3/c23-22(20-14-8-3-9-15-20)25-24-17-16-21(18-10-4-1-5-11-18)19-12-6-2-7-13-19/h1-17H,(H2,23,25)/b24-17+. The van der Waals surface area contributed by atoms with Crippen molar-refractivity contribution in [3.63, 3.8) is 0 Å². The van der Waals surface area contributed by atoms with Crippen LogP contribution in [0.3, 0.4) is 0 Å². The van der Waals surface area contributed by atoms with Gasteiger partial charge in [-0.15, -0.1) is 5.10 Å². The van der Waals surface area contributed by atoms with Gasteiger partial charge in [0.1, 0.15) is 0 Å². The van der Waals surface area contributed by atoms with Crippen molar-refractivity contribution >= 4 is 17.6 Å². The highest BCUT2D eigenvalue weighted by Crippen LogP contribution is 2.22. The van der Waals surface area contributed by atoms with Gasteiger partial charge in [0.2, 0.25) is 0 Å². The van der Waals surface area contributed by atoms with Crippen LogP contribution >= 0.6 is 0 Å². The summed E-state index contributed by atoms with van der Waals surface area (Å²) < 4.78 is 0. The Morgan fingerprint density at radius 1 is 0.640 bits per heavy atom. The van der Waals surface area contributed by atoms with Gasteiger partial charge in [-0.2, -0.15) is 5.10 Å². The molecule has 0 unspecified atom stereocenters. The Morgan fingerprint density at radius 2 is 1.08 bits per heavy atom. The number of benzene rings is 3. The first-order chi connectivity index (χ1) is 12.3. The van der Waals surface area contributed by atoms with Gasteiger partial charge in [0.15, 0.2) is 5.84 Å². The van der Waals surface area contributed by atoms with Gasteiger partial charge in [-0.1, -0.05) is 91.0 Å². The van der Waals surface area contributed by atoms with E-state index in [1.165, 1.54) is 0 Å². The molecule has 0 radical (unpaired) electrons. The van der Waals surface area contributed by atoms with Gasteiger partial charge in [0.25, 0.3) is 0 Å². The fourth-order valence-corrected chi connectivity index (χ4v) is 2.46. The molecule has 3 nitrogen and oxygen atoms in total. The average Bonchev–Trinajstić information content (AvgIpc) is 2.70. The molecule has 122 valence electrons. The molecule has 0 bridgehead atoms. The zero-order chi connectivity index (χ0) is 17.3. The first-order valence-corrected chi connectivity index (χ1v) is 8.07. The van der Waals surface area contributed by atoms with Crippen LogP contribution in [0, 0.1) is 0 Å². The number of hydrogen-bond donors (Lipinski definition) is 1. The summed E-state index contributed by atoms with van der Waals surface area (Å²) >= 11 is 0. The summed E-state index contributed by atoms with van der Waals surface area (Å²) in [5, 5.41) is 8.17. The minimum Gasteiger partial charge on any atom is -0.382 e. The molecule has 25 heavy (non-hydrogen) atoms.